The van der Waals surface area contributed by atoms with Crippen molar-refractivity contribution in [1.82, 2.24) is 10.2 Å². The summed E-state index contributed by atoms with van der Waals surface area (Å²) >= 11 is 6.66. The van der Waals surface area contributed by atoms with Crippen LogP contribution in [0, 0.1) is 6.92 Å². The number of carbonyl (C=O) groups is 1. The van der Waals surface area contributed by atoms with Crippen LogP contribution in [0.15, 0.2) is 52.8 Å². The number of rotatable bonds is 6. The molecule has 1 heterocycles. The fourth-order valence-corrected chi connectivity index (χ4v) is 3.87. The summed E-state index contributed by atoms with van der Waals surface area (Å²) in [5, 5.41) is 9.84. The second-order valence-electron chi connectivity index (χ2n) is 7.36. The third-order valence-electron chi connectivity index (χ3n) is 5.19. The fraction of sp³-hybridized carbons (Fsp3) is 0.304. The summed E-state index contributed by atoms with van der Waals surface area (Å²) < 4.78 is 0. The largest absolute Gasteiger partial charge is 0.388 e. The maximum atomic E-state index is 12.5. The minimum absolute atomic E-state index is 0.314. The highest BCUT2D eigenvalue weighted by atomic mass is 35.5. The standard InChI is InChI=1S/C23H28ClN5O/c1-15-16(7-5-9-18(15)25-2)17-8-6-10-19(23(17)24)28-22(30)14-27-20-13-26-12-11-21(20)29(3)4/h5-10,14,25-26H,11-13H2,1-4H3,(H,28,30)/b27-14+. The summed E-state index contributed by atoms with van der Waals surface area (Å²) in [7, 11) is 5.88. The van der Waals surface area contributed by atoms with E-state index in [0.717, 1.165) is 46.7 Å². The van der Waals surface area contributed by atoms with Crippen LogP contribution < -0.4 is 16.0 Å². The van der Waals surface area contributed by atoms with E-state index in [1.165, 1.54) is 6.21 Å². The van der Waals surface area contributed by atoms with Gasteiger partial charge in [-0.3, -0.25) is 9.79 Å². The lowest BCUT2D eigenvalue weighted by Crippen LogP contribution is -2.29. The number of halogens is 1. The second kappa shape index (κ2) is 9.78. The van der Waals surface area contributed by atoms with Gasteiger partial charge in [0.15, 0.2) is 0 Å². The summed E-state index contributed by atoms with van der Waals surface area (Å²) in [5.41, 5.74) is 6.60. The summed E-state index contributed by atoms with van der Waals surface area (Å²) in [6.07, 6.45) is 2.21. The minimum atomic E-state index is -0.314. The van der Waals surface area contributed by atoms with E-state index in [9.17, 15) is 4.79 Å². The number of hydrogen-bond acceptors (Lipinski definition) is 5. The van der Waals surface area contributed by atoms with Crippen molar-refractivity contribution in [2.24, 2.45) is 4.99 Å². The molecule has 1 aliphatic rings. The van der Waals surface area contributed by atoms with Crippen LogP contribution in [-0.4, -0.2) is 51.3 Å². The second-order valence-corrected chi connectivity index (χ2v) is 7.74. The number of nitrogens with one attached hydrogen (secondary N) is 3. The Kier molecular flexibility index (Phi) is 7.13. The first-order valence-electron chi connectivity index (χ1n) is 9.93. The molecule has 0 unspecified atom stereocenters. The lowest BCUT2D eigenvalue weighted by Gasteiger charge is -2.24. The van der Waals surface area contributed by atoms with Crippen molar-refractivity contribution >= 4 is 35.1 Å². The molecule has 6 nitrogen and oxygen atoms in total. The van der Waals surface area contributed by atoms with Gasteiger partial charge in [0.25, 0.3) is 5.91 Å². The van der Waals surface area contributed by atoms with Crippen LogP contribution in [0.25, 0.3) is 11.1 Å². The first-order valence-corrected chi connectivity index (χ1v) is 10.3. The summed E-state index contributed by atoms with van der Waals surface area (Å²) in [4.78, 5) is 19.0. The van der Waals surface area contributed by atoms with Gasteiger partial charge in [-0.15, -0.1) is 0 Å². The normalized spacial score (nSPS) is 14.2. The molecule has 0 aromatic heterocycles. The molecule has 2 aromatic carbocycles. The van der Waals surface area contributed by atoms with Crippen LogP contribution >= 0.6 is 11.6 Å². The molecule has 158 valence electrons. The Balaban J connectivity index is 1.83. The van der Waals surface area contributed by atoms with Crippen LogP contribution in [0.4, 0.5) is 11.4 Å². The van der Waals surface area contributed by atoms with Gasteiger partial charge in [-0.05, 0) is 30.2 Å². The maximum Gasteiger partial charge on any atom is 0.266 e. The Morgan fingerprint density at radius 3 is 2.57 bits per heavy atom. The predicted molar refractivity (Wildman–Crippen MR) is 126 cm³/mol. The van der Waals surface area contributed by atoms with Crippen LogP contribution in [0.3, 0.4) is 0 Å². The molecule has 2 aromatic rings. The zero-order chi connectivity index (χ0) is 21.7. The zero-order valence-electron chi connectivity index (χ0n) is 17.8. The van der Waals surface area contributed by atoms with E-state index in [1.807, 2.05) is 63.3 Å². The molecule has 0 saturated carbocycles. The van der Waals surface area contributed by atoms with Gasteiger partial charge < -0.3 is 20.9 Å². The molecule has 0 radical (unpaired) electrons. The highest BCUT2D eigenvalue weighted by Crippen LogP contribution is 2.37. The van der Waals surface area contributed by atoms with Gasteiger partial charge in [0.05, 0.1) is 22.6 Å². The first kappa shape index (κ1) is 21.9. The van der Waals surface area contributed by atoms with Gasteiger partial charge in [-0.25, -0.2) is 0 Å². The molecule has 1 aliphatic heterocycles. The zero-order valence-corrected chi connectivity index (χ0v) is 18.6. The van der Waals surface area contributed by atoms with Crippen LogP contribution in [0.5, 0.6) is 0 Å². The molecule has 1 amide bonds. The van der Waals surface area contributed by atoms with Gasteiger partial charge in [-0.2, -0.15) is 0 Å². The first-order chi connectivity index (χ1) is 14.4. The molecule has 0 saturated heterocycles. The monoisotopic (exact) mass is 425 g/mol. The van der Waals surface area contributed by atoms with E-state index in [0.29, 0.717) is 17.3 Å². The summed E-state index contributed by atoms with van der Waals surface area (Å²) in [6, 6.07) is 11.7. The van der Waals surface area contributed by atoms with Crippen LogP contribution in [0.1, 0.15) is 12.0 Å². The molecule has 30 heavy (non-hydrogen) atoms. The summed E-state index contributed by atoms with van der Waals surface area (Å²) in [5.74, 6) is -0.314. The molecule has 3 N–H and O–H groups in total. The number of carbonyl (C=O) groups excluding carboxylic acids is 1. The van der Waals surface area contributed by atoms with E-state index in [4.69, 9.17) is 11.6 Å². The maximum absolute atomic E-state index is 12.5. The highest BCUT2D eigenvalue weighted by Gasteiger charge is 2.15. The Morgan fingerprint density at radius 1 is 1.17 bits per heavy atom. The topological polar surface area (TPSA) is 68.8 Å². The van der Waals surface area contributed by atoms with E-state index in [1.54, 1.807) is 6.07 Å². The van der Waals surface area contributed by atoms with E-state index >= 15 is 0 Å². The molecule has 0 fully saturated rings. The lowest BCUT2D eigenvalue weighted by molar-refractivity contribution is -0.109. The lowest BCUT2D eigenvalue weighted by atomic mass is 9.98. The van der Waals surface area contributed by atoms with Gasteiger partial charge in [0, 0.05) is 57.6 Å². The quantitative estimate of drug-likeness (QED) is 0.608. The van der Waals surface area contributed by atoms with Crippen molar-refractivity contribution in [3.63, 3.8) is 0 Å². The van der Waals surface area contributed by atoms with Crippen molar-refractivity contribution in [1.29, 1.82) is 0 Å². The Hall–Kier alpha value is -2.83. The SMILES string of the molecule is CNc1cccc(-c2cccc(NC(=O)/C=N/C3=C(N(C)C)CCNC3)c2Cl)c1C. The van der Waals surface area contributed by atoms with E-state index in [2.05, 4.69) is 20.9 Å². The smallest absolute Gasteiger partial charge is 0.266 e. The number of aliphatic imine (C=N–C) groups is 1. The third kappa shape index (κ3) is 4.83. The van der Waals surface area contributed by atoms with Crippen molar-refractivity contribution in [2.45, 2.75) is 13.3 Å². The van der Waals surface area contributed by atoms with E-state index in [-0.39, 0.29) is 5.91 Å². The van der Waals surface area contributed by atoms with Crippen molar-refractivity contribution in [3.8, 4) is 11.1 Å². The number of benzene rings is 2. The number of anilines is 2. The molecule has 0 aliphatic carbocycles. The molecule has 7 heteroatoms. The van der Waals surface area contributed by atoms with Crippen LogP contribution in [0.2, 0.25) is 5.02 Å². The van der Waals surface area contributed by atoms with Crippen molar-refractivity contribution in [2.75, 3.05) is 44.9 Å². The molecule has 0 spiro atoms. The number of amides is 1. The Bertz CT molecular complexity index is 997. The van der Waals surface area contributed by atoms with Gasteiger partial charge in [-0.1, -0.05) is 35.9 Å². The molecular formula is C23H28ClN5O. The van der Waals surface area contributed by atoms with Gasteiger partial charge in [0.2, 0.25) is 0 Å². The van der Waals surface area contributed by atoms with Gasteiger partial charge >= 0.3 is 0 Å². The predicted octanol–water partition coefficient (Wildman–Crippen LogP) is 4.13. The van der Waals surface area contributed by atoms with E-state index < -0.39 is 0 Å². The van der Waals surface area contributed by atoms with Crippen molar-refractivity contribution < 1.29 is 4.79 Å². The molecule has 0 atom stereocenters. The molecular weight excluding hydrogens is 398 g/mol. The highest BCUT2D eigenvalue weighted by molar-refractivity contribution is 6.38. The molecule has 3 rings (SSSR count). The number of nitrogens with zero attached hydrogens (tertiary/aromatic N) is 2. The number of hydrogen-bond donors (Lipinski definition) is 3. The fourth-order valence-electron chi connectivity index (χ4n) is 3.60. The third-order valence-corrected chi connectivity index (χ3v) is 5.60. The van der Waals surface area contributed by atoms with Crippen molar-refractivity contribution in [3.05, 3.63) is 58.4 Å². The minimum Gasteiger partial charge on any atom is -0.388 e. The Labute approximate surface area is 183 Å². The Morgan fingerprint density at radius 2 is 1.87 bits per heavy atom. The average Bonchev–Trinajstić information content (AvgIpc) is 2.74. The van der Waals surface area contributed by atoms with Crippen LogP contribution in [-0.2, 0) is 4.79 Å². The summed E-state index contributed by atoms with van der Waals surface area (Å²) in [6.45, 7) is 3.60. The average molecular weight is 426 g/mol. The molecule has 0 bridgehead atoms. The van der Waals surface area contributed by atoms with Gasteiger partial charge in [0.1, 0.15) is 0 Å².